The third-order valence-corrected chi connectivity index (χ3v) is 4.82. The van der Waals surface area contributed by atoms with Gasteiger partial charge in [0.2, 0.25) is 0 Å². The molecule has 0 unspecified atom stereocenters. The Bertz CT molecular complexity index is 737. The highest BCUT2D eigenvalue weighted by molar-refractivity contribution is 7.75. The molecule has 1 aromatic carbocycles. The molecule has 0 heterocycles. The second-order valence-corrected chi connectivity index (χ2v) is 6.61. The molecule has 0 aromatic heterocycles. The van der Waals surface area contributed by atoms with E-state index in [1.165, 1.54) is 38.1 Å². The number of non-ortho nitro benzene ring substituents is 1. The van der Waals surface area contributed by atoms with Crippen molar-refractivity contribution in [2.75, 3.05) is 13.2 Å². The first-order valence-electron chi connectivity index (χ1n) is 7.44. The Balaban J connectivity index is 2.89. The van der Waals surface area contributed by atoms with Gasteiger partial charge in [-0.1, -0.05) is 17.3 Å². The summed E-state index contributed by atoms with van der Waals surface area (Å²) in [6.07, 6.45) is -0.291. The lowest BCUT2D eigenvalue weighted by Crippen LogP contribution is -2.26. The molecule has 0 fully saturated rings. The van der Waals surface area contributed by atoms with E-state index in [0.29, 0.717) is 5.56 Å². The highest BCUT2D eigenvalue weighted by Crippen LogP contribution is 2.49. The van der Waals surface area contributed by atoms with Gasteiger partial charge < -0.3 is 19.6 Å². The van der Waals surface area contributed by atoms with Gasteiger partial charge in [0.05, 0.1) is 24.6 Å². The number of nitro groups is 1. The minimum Gasteiger partial charge on any atom is -0.364 e. The van der Waals surface area contributed by atoms with Crippen molar-refractivity contribution in [3.05, 3.63) is 39.9 Å². The lowest BCUT2D eigenvalue weighted by atomic mass is 10.1. The minimum atomic E-state index is -4.12. The average molecular weight is 387 g/mol. The second-order valence-electron chi connectivity index (χ2n) is 4.68. The number of carbonyl (C=O) groups excluding carboxylic acids is 2. The van der Waals surface area contributed by atoms with Crippen LogP contribution < -0.4 is 5.73 Å². The van der Waals surface area contributed by atoms with Gasteiger partial charge in [-0.15, -0.1) is 0 Å². The van der Waals surface area contributed by atoms with Crippen LogP contribution in [0.5, 0.6) is 0 Å². The van der Waals surface area contributed by atoms with Crippen molar-refractivity contribution >= 4 is 30.6 Å². The molecule has 12 heteroatoms. The summed E-state index contributed by atoms with van der Waals surface area (Å²) in [6, 6.07) is 5.17. The van der Waals surface area contributed by atoms with Gasteiger partial charge in [0, 0.05) is 12.1 Å². The fourth-order valence-corrected chi connectivity index (χ4v) is 3.17. The van der Waals surface area contributed by atoms with Gasteiger partial charge in [0.1, 0.15) is 0 Å². The molecule has 0 aliphatic carbocycles. The maximum atomic E-state index is 12.5. The molecular formula is C14H18N3O8P. The summed E-state index contributed by atoms with van der Waals surface area (Å²) in [4.78, 5) is 37.9. The highest BCUT2D eigenvalue weighted by atomic mass is 31.2. The first-order chi connectivity index (χ1) is 12.2. The largest absolute Gasteiger partial charge is 0.388 e. The topological polar surface area (TPSA) is 160 Å². The molecule has 26 heavy (non-hydrogen) atoms. The maximum absolute atomic E-state index is 12.5. The lowest BCUT2D eigenvalue weighted by Gasteiger charge is -2.16. The number of oxime groups is 1. The molecule has 11 nitrogen and oxygen atoms in total. The van der Waals surface area contributed by atoms with Gasteiger partial charge in [-0.3, -0.25) is 19.5 Å². The van der Waals surface area contributed by atoms with Crippen LogP contribution in [0.25, 0.3) is 0 Å². The molecule has 0 aliphatic heterocycles. The fraction of sp³-hybridized carbons (Fsp3) is 0.357. The van der Waals surface area contributed by atoms with Crippen LogP contribution in [0.2, 0.25) is 0 Å². The fourth-order valence-electron chi connectivity index (χ4n) is 1.76. The Hall–Kier alpha value is -2.62. The normalized spacial score (nSPS) is 11.8. The van der Waals surface area contributed by atoms with Gasteiger partial charge in [-0.2, -0.15) is 0 Å². The number of nitrogens with two attached hydrogens (primary N) is 1. The van der Waals surface area contributed by atoms with E-state index in [0.717, 1.165) is 0 Å². The predicted octanol–water partition coefficient (Wildman–Crippen LogP) is 1.75. The summed E-state index contributed by atoms with van der Waals surface area (Å²) in [5.74, 6) is -2.13. The molecule has 0 atom stereocenters. The molecule has 1 rings (SSSR count). The van der Waals surface area contributed by atoms with Crippen molar-refractivity contribution in [2.24, 2.45) is 10.9 Å². The summed E-state index contributed by atoms with van der Waals surface area (Å²) >= 11 is 0. The lowest BCUT2D eigenvalue weighted by molar-refractivity contribution is -0.384. The zero-order valence-electron chi connectivity index (χ0n) is 14.1. The SMILES string of the molecule is CCOP(=O)(OCC)C(=NOC(=O)Cc1ccc([N+](=O)[O-])cc1)C(N)=O. The van der Waals surface area contributed by atoms with E-state index in [1.54, 1.807) is 0 Å². The number of benzene rings is 1. The zero-order chi connectivity index (χ0) is 19.7. The third kappa shape index (κ3) is 6.03. The Kier molecular flexibility index (Phi) is 8.04. The van der Waals surface area contributed by atoms with Crippen molar-refractivity contribution in [1.29, 1.82) is 0 Å². The number of nitro benzene ring substituents is 1. The van der Waals surface area contributed by atoms with Gasteiger partial charge in [0.25, 0.3) is 17.0 Å². The number of nitrogens with zero attached hydrogens (tertiary/aromatic N) is 2. The summed E-state index contributed by atoms with van der Waals surface area (Å²) in [6.45, 7) is 2.93. The van der Waals surface area contributed by atoms with Crippen LogP contribution in [0.3, 0.4) is 0 Å². The molecule has 0 saturated carbocycles. The molecular weight excluding hydrogens is 369 g/mol. The molecule has 0 aliphatic rings. The van der Waals surface area contributed by atoms with Crippen LogP contribution in [0.15, 0.2) is 29.4 Å². The highest BCUT2D eigenvalue weighted by Gasteiger charge is 2.37. The Morgan fingerprint density at radius 1 is 1.19 bits per heavy atom. The molecule has 0 radical (unpaired) electrons. The molecule has 0 spiro atoms. The molecule has 1 aromatic rings. The van der Waals surface area contributed by atoms with Crippen molar-refractivity contribution in [1.82, 2.24) is 0 Å². The van der Waals surface area contributed by atoms with E-state index in [1.807, 2.05) is 0 Å². The van der Waals surface area contributed by atoms with Gasteiger partial charge in [-0.25, -0.2) is 4.79 Å². The zero-order valence-corrected chi connectivity index (χ0v) is 15.0. The number of amides is 1. The smallest absolute Gasteiger partial charge is 0.364 e. The van der Waals surface area contributed by atoms with Crippen LogP contribution in [0.4, 0.5) is 5.69 Å². The number of carbonyl (C=O) groups is 2. The first kappa shape index (κ1) is 21.4. The summed E-state index contributed by atoms with van der Waals surface area (Å²) in [5, 5.41) is 13.8. The average Bonchev–Trinajstić information content (AvgIpc) is 2.55. The van der Waals surface area contributed by atoms with Crippen molar-refractivity contribution in [3.63, 3.8) is 0 Å². The van der Waals surface area contributed by atoms with Crippen LogP contribution in [-0.2, 0) is 34.5 Å². The van der Waals surface area contributed by atoms with Crippen molar-refractivity contribution < 1.29 is 33.0 Å². The molecule has 2 N–H and O–H groups in total. The predicted molar refractivity (Wildman–Crippen MR) is 90.4 cm³/mol. The van der Waals surface area contributed by atoms with Crippen LogP contribution in [0, 0.1) is 10.1 Å². The van der Waals surface area contributed by atoms with E-state index in [2.05, 4.69) is 9.99 Å². The standard InChI is InChI=1S/C14H18N3O8P/c1-3-23-26(22,24-4-2)14(13(15)19)16-25-12(18)9-10-5-7-11(8-6-10)17(20)21/h5-8H,3-4,9H2,1-2H3,(H2,15,19). The number of hydrogen-bond donors (Lipinski definition) is 1. The van der Waals surface area contributed by atoms with Crippen molar-refractivity contribution in [3.8, 4) is 0 Å². The van der Waals surface area contributed by atoms with Gasteiger partial charge in [0.15, 0.2) is 0 Å². The van der Waals surface area contributed by atoms with E-state index >= 15 is 0 Å². The van der Waals surface area contributed by atoms with E-state index in [-0.39, 0.29) is 25.3 Å². The van der Waals surface area contributed by atoms with Crippen LogP contribution >= 0.6 is 7.60 Å². The monoisotopic (exact) mass is 387 g/mol. The summed E-state index contributed by atoms with van der Waals surface area (Å²) in [7, 11) is -4.12. The maximum Gasteiger partial charge on any atom is 0.388 e. The van der Waals surface area contributed by atoms with Crippen LogP contribution in [0.1, 0.15) is 19.4 Å². The third-order valence-electron chi connectivity index (χ3n) is 2.81. The number of hydrogen-bond acceptors (Lipinski definition) is 9. The minimum absolute atomic E-state index is 0.0552. The number of rotatable bonds is 10. The number of primary amides is 1. The van der Waals surface area contributed by atoms with E-state index < -0.39 is 29.8 Å². The van der Waals surface area contributed by atoms with Crippen molar-refractivity contribution in [2.45, 2.75) is 20.3 Å². The molecule has 1 amide bonds. The van der Waals surface area contributed by atoms with Crippen LogP contribution in [-0.4, -0.2) is 35.5 Å². The molecule has 142 valence electrons. The quantitative estimate of drug-likeness (QED) is 0.209. The Morgan fingerprint density at radius 2 is 1.73 bits per heavy atom. The second kappa shape index (κ2) is 9.76. The van der Waals surface area contributed by atoms with E-state index in [9.17, 15) is 24.3 Å². The Morgan fingerprint density at radius 3 is 2.15 bits per heavy atom. The summed E-state index contributed by atoms with van der Waals surface area (Å²) in [5.41, 5.74) is 4.55. The molecule has 0 bridgehead atoms. The summed E-state index contributed by atoms with van der Waals surface area (Å²) < 4.78 is 22.3. The van der Waals surface area contributed by atoms with Gasteiger partial charge >= 0.3 is 13.6 Å². The first-order valence-corrected chi connectivity index (χ1v) is 8.98. The van der Waals surface area contributed by atoms with Gasteiger partial charge in [-0.05, 0) is 19.4 Å². The van der Waals surface area contributed by atoms with E-state index in [4.69, 9.17) is 14.8 Å². The molecule has 0 saturated heterocycles. The Labute approximate surface area is 148 Å².